The van der Waals surface area contributed by atoms with E-state index in [2.05, 4.69) is 137 Å². The van der Waals surface area contributed by atoms with E-state index in [-0.39, 0.29) is 11.1 Å². The molecule has 2 N–H and O–H groups in total. The number of unbranched alkanes of at least 4 members (excludes halogenated alkanes) is 1. The molecule has 0 atom stereocenters. The maximum Gasteiger partial charge on any atom is 0.129 e. The van der Waals surface area contributed by atoms with Gasteiger partial charge in [-0.1, -0.05) is 109 Å². The Morgan fingerprint density at radius 2 is 1.00 bits per heavy atom. The lowest BCUT2D eigenvalue weighted by molar-refractivity contribution is -0.117. The lowest BCUT2D eigenvalue weighted by Crippen LogP contribution is -2.00. The molecule has 4 aromatic rings. The maximum absolute atomic E-state index is 11.0. The van der Waals surface area contributed by atoms with Crippen molar-refractivity contribution in [2.24, 2.45) is 5.73 Å². The molecule has 2 nitrogen and oxygen atoms in total. The Bertz CT molecular complexity index is 1510. The summed E-state index contributed by atoms with van der Waals surface area (Å²) in [5.74, 6) is 0.287. The first-order chi connectivity index (χ1) is 22.2. The molecule has 0 radical (unpaired) electrons. The Hall–Kier alpha value is -3.43. The van der Waals surface area contributed by atoms with E-state index in [4.69, 9.17) is 28.9 Å². The van der Waals surface area contributed by atoms with Crippen molar-refractivity contribution in [1.29, 1.82) is 0 Å². The number of hydrogen-bond donors (Lipinski definition) is 1. The highest BCUT2D eigenvalue weighted by Gasteiger charge is 2.01. The zero-order valence-corrected chi connectivity index (χ0v) is 29.8. The predicted molar refractivity (Wildman–Crippen MR) is 205 cm³/mol. The average molecular weight is 657 g/mol. The van der Waals surface area contributed by atoms with Crippen LogP contribution in [0.3, 0.4) is 0 Å². The molecule has 4 rings (SSSR count). The number of nitrogens with two attached hydrogens (primary N) is 1. The second-order valence-electron chi connectivity index (χ2n) is 11.7. The van der Waals surface area contributed by atoms with E-state index in [0.29, 0.717) is 6.42 Å². The monoisotopic (exact) mass is 655 g/mol. The van der Waals surface area contributed by atoms with Crippen LogP contribution in [0, 0.1) is 27.7 Å². The molecular weight excluding hydrogens is 605 g/mol. The molecule has 0 amide bonds. The van der Waals surface area contributed by atoms with Crippen molar-refractivity contribution in [1.82, 2.24) is 0 Å². The highest BCUT2D eigenvalue weighted by atomic mass is 35.5. The zero-order valence-electron chi connectivity index (χ0n) is 28.3. The van der Waals surface area contributed by atoms with Crippen LogP contribution in [0.1, 0.15) is 88.2 Å². The molecule has 0 fully saturated rings. The number of ketones is 1. The number of halogens is 2. The Balaban J connectivity index is 0.000000297. The van der Waals surface area contributed by atoms with E-state index < -0.39 is 0 Å². The fourth-order valence-electron chi connectivity index (χ4n) is 5.25. The molecule has 0 aliphatic heterocycles. The molecule has 46 heavy (non-hydrogen) atoms. The summed E-state index contributed by atoms with van der Waals surface area (Å²) in [6.07, 6.45) is 14.7. The summed E-state index contributed by atoms with van der Waals surface area (Å²) in [7, 11) is 0. The van der Waals surface area contributed by atoms with Crippen molar-refractivity contribution < 1.29 is 4.79 Å². The second-order valence-corrected chi connectivity index (χ2v) is 12.5. The number of carbonyl (C=O) groups excluding carboxylic acids is 1. The van der Waals surface area contributed by atoms with Crippen molar-refractivity contribution in [3.63, 3.8) is 0 Å². The van der Waals surface area contributed by atoms with Gasteiger partial charge < -0.3 is 10.5 Å². The van der Waals surface area contributed by atoms with Crippen molar-refractivity contribution in [3.8, 4) is 0 Å². The SMILES string of the molecule is CC(=O)CCCCc1cccc(C=Cc2c(C)cccc2C)c1.Cc1cccc(C)c1C=Cc1cccc(CCCN)c1.ClCCl. The highest BCUT2D eigenvalue weighted by molar-refractivity contribution is 6.40. The fraction of sp³-hybridized carbons (Fsp3) is 0.310. The van der Waals surface area contributed by atoms with Crippen LogP contribution in [0.25, 0.3) is 24.3 Å². The Labute approximate surface area is 288 Å². The minimum absolute atomic E-state index is 0.194. The molecule has 0 aliphatic carbocycles. The van der Waals surface area contributed by atoms with Crippen LogP contribution < -0.4 is 5.73 Å². The predicted octanol–water partition coefficient (Wildman–Crippen LogP) is 11.6. The lowest BCUT2D eigenvalue weighted by Gasteiger charge is -2.05. The maximum atomic E-state index is 11.0. The van der Waals surface area contributed by atoms with Gasteiger partial charge in [-0.25, -0.2) is 0 Å². The van der Waals surface area contributed by atoms with E-state index in [1.165, 1.54) is 55.6 Å². The Morgan fingerprint density at radius 3 is 1.39 bits per heavy atom. The molecule has 0 heterocycles. The van der Waals surface area contributed by atoms with Gasteiger partial charge in [0.25, 0.3) is 0 Å². The molecular formula is C42H51Cl2NO. The number of hydrogen-bond acceptors (Lipinski definition) is 2. The fourth-order valence-corrected chi connectivity index (χ4v) is 5.25. The molecule has 0 saturated heterocycles. The van der Waals surface area contributed by atoms with Crippen LogP contribution in [0.4, 0.5) is 0 Å². The Morgan fingerprint density at radius 1 is 0.609 bits per heavy atom. The molecule has 244 valence electrons. The lowest BCUT2D eigenvalue weighted by atomic mass is 10.0. The third-order valence-electron chi connectivity index (χ3n) is 7.79. The average Bonchev–Trinajstić information content (AvgIpc) is 3.03. The number of rotatable bonds is 12. The van der Waals surface area contributed by atoms with E-state index in [0.717, 1.165) is 38.6 Å². The quantitative estimate of drug-likeness (QED) is 0.0937. The van der Waals surface area contributed by atoms with Crippen LogP contribution >= 0.6 is 23.2 Å². The smallest absolute Gasteiger partial charge is 0.129 e. The third-order valence-corrected chi connectivity index (χ3v) is 7.79. The summed E-state index contributed by atoms with van der Waals surface area (Å²) in [6, 6.07) is 30.2. The van der Waals surface area contributed by atoms with E-state index >= 15 is 0 Å². The summed E-state index contributed by atoms with van der Waals surface area (Å²) in [5, 5.41) is 0.194. The van der Waals surface area contributed by atoms with Gasteiger partial charge in [-0.15, -0.1) is 23.2 Å². The first-order valence-electron chi connectivity index (χ1n) is 16.2. The van der Waals surface area contributed by atoms with E-state index in [9.17, 15) is 4.79 Å². The molecule has 0 saturated carbocycles. The van der Waals surface area contributed by atoms with Crippen LogP contribution in [0.15, 0.2) is 84.9 Å². The summed E-state index contributed by atoms with van der Waals surface area (Å²) >= 11 is 9.53. The van der Waals surface area contributed by atoms with Gasteiger partial charge in [-0.2, -0.15) is 0 Å². The molecule has 4 heteroatoms. The summed E-state index contributed by atoms with van der Waals surface area (Å²) in [4.78, 5) is 11.0. The van der Waals surface area contributed by atoms with Crippen LogP contribution in [-0.4, -0.2) is 17.7 Å². The van der Waals surface area contributed by atoms with Crippen LogP contribution in [-0.2, 0) is 17.6 Å². The van der Waals surface area contributed by atoms with Gasteiger partial charge in [0.2, 0.25) is 0 Å². The van der Waals surface area contributed by atoms with Crippen molar-refractivity contribution in [2.45, 2.75) is 73.1 Å². The van der Waals surface area contributed by atoms with E-state index in [1.807, 2.05) is 0 Å². The summed E-state index contributed by atoms with van der Waals surface area (Å²) < 4.78 is 0. The van der Waals surface area contributed by atoms with Crippen molar-refractivity contribution >= 4 is 53.3 Å². The molecule has 0 aromatic heterocycles. The van der Waals surface area contributed by atoms with Gasteiger partial charge in [-0.3, -0.25) is 0 Å². The summed E-state index contributed by atoms with van der Waals surface area (Å²) in [5.41, 5.74) is 18.6. The molecule has 0 unspecified atom stereocenters. The highest BCUT2D eigenvalue weighted by Crippen LogP contribution is 2.19. The van der Waals surface area contributed by atoms with Gasteiger partial charge in [0, 0.05) is 6.42 Å². The summed E-state index contributed by atoms with van der Waals surface area (Å²) in [6.45, 7) is 11.0. The number of benzene rings is 4. The molecule has 0 aliphatic rings. The van der Waals surface area contributed by atoms with Crippen molar-refractivity contribution in [3.05, 3.63) is 141 Å². The Kier molecular flexibility index (Phi) is 18.7. The minimum Gasteiger partial charge on any atom is -0.330 e. The molecule has 4 aromatic carbocycles. The number of aryl methyl sites for hydroxylation is 6. The minimum atomic E-state index is 0.194. The van der Waals surface area contributed by atoms with Gasteiger partial charge in [0.15, 0.2) is 0 Å². The zero-order chi connectivity index (χ0) is 33.7. The largest absolute Gasteiger partial charge is 0.330 e. The van der Waals surface area contributed by atoms with Crippen LogP contribution in [0.2, 0.25) is 0 Å². The first-order valence-corrected chi connectivity index (χ1v) is 17.2. The number of Topliss-reactive ketones (excluding diaryl/α,β-unsaturated/α-hetero) is 1. The van der Waals surface area contributed by atoms with Crippen LogP contribution in [0.5, 0.6) is 0 Å². The van der Waals surface area contributed by atoms with Gasteiger partial charge in [-0.05, 0) is 129 Å². The third kappa shape index (κ3) is 14.8. The van der Waals surface area contributed by atoms with E-state index in [1.54, 1.807) is 6.92 Å². The number of alkyl halides is 2. The van der Waals surface area contributed by atoms with Gasteiger partial charge >= 0.3 is 0 Å². The topological polar surface area (TPSA) is 43.1 Å². The standard InChI is InChI=1S/C22H26O.C19H23N.CH2Cl2/c1-17-8-6-9-18(2)22(17)15-14-21-13-7-12-20(16-21)11-5-4-10-19(3)23;1-15-6-3-7-16(2)19(15)12-11-18-9-4-8-17(14-18)10-5-13-20;2-1-3/h6-9,12-16H,4-5,10-11H2,1-3H3;3-4,6-9,11-12,14H,5,10,13,20H2,1-2H3;1H2. The van der Waals surface area contributed by atoms with Gasteiger partial charge in [0.05, 0.1) is 5.34 Å². The number of carbonyl (C=O) groups is 1. The second kappa shape index (κ2) is 22.2. The molecule has 0 spiro atoms. The normalized spacial score (nSPS) is 10.8. The first kappa shape index (κ1) is 38.8. The van der Waals surface area contributed by atoms with Crippen molar-refractivity contribution in [2.75, 3.05) is 11.9 Å². The molecule has 0 bridgehead atoms. The van der Waals surface area contributed by atoms with Gasteiger partial charge in [0.1, 0.15) is 5.78 Å².